The summed E-state index contributed by atoms with van der Waals surface area (Å²) >= 11 is 0. The summed E-state index contributed by atoms with van der Waals surface area (Å²) in [5.41, 5.74) is 4.89. The van der Waals surface area contributed by atoms with Crippen LogP contribution in [0.2, 0.25) is 0 Å². The van der Waals surface area contributed by atoms with Crippen molar-refractivity contribution in [2.45, 2.75) is 31.6 Å². The number of rotatable bonds is 5. The maximum atomic E-state index is 13.7. The van der Waals surface area contributed by atoms with Crippen LogP contribution < -0.4 is 15.4 Å². The Balaban J connectivity index is 1.59. The molecule has 3 aromatic rings. The summed E-state index contributed by atoms with van der Waals surface area (Å²) in [4.78, 5) is 27.4. The minimum absolute atomic E-state index is 0.00749. The molecule has 5 nitrogen and oxygen atoms in total. The molecule has 0 saturated carbocycles. The number of amides is 1. The summed E-state index contributed by atoms with van der Waals surface area (Å²) in [6.45, 7) is 1.85. The number of hydrogen-bond donors (Lipinski definition) is 2. The van der Waals surface area contributed by atoms with Crippen LogP contribution in [0, 0.1) is 5.82 Å². The summed E-state index contributed by atoms with van der Waals surface area (Å²) < 4.78 is 19.0. The van der Waals surface area contributed by atoms with Crippen molar-refractivity contribution in [3.05, 3.63) is 118 Å². The molecule has 0 aromatic heterocycles. The molecule has 0 bridgehead atoms. The van der Waals surface area contributed by atoms with Crippen molar-refractivity contribution in [1.29, 1.82) is 0 Å². The number of nitrogens with one attached hydrogen (secondary N) is 2. The number of ether oxygens (including phenoxy) is 1. The number of Topliss-reactive ketones (excluding diaryl/α,β-unsaturated/α-hetero) is 1. The molecule has 1 aliphatic heterocycles. The molecular formula is C30H27FN2O3. The van der Waals surface area contributed by atoms with Crippen LogP contribution in [-0.2, 0) is 9.59 Å². The van der Waals surface area contributed by atoms with E-state index in [-0.39, 0.29) is 23.4 Å². The third-order valence-corrected chi connectivity index (χ3v) is 6.90. The molecule has 36 heavy (non-hydrogen) atoms. The van der Waals surface area contributed by atoms with E-state index in [4.69, 9.17) is 4.74 Å². The number of benzene rings is 3. The zero-order chi connectivity index (χ0) is 25.2. The van der Waals surface area contributed by atoms with E-state index in [0.717, 1.165) is 16.8 Å². The van der Waals surface area contributed by atoms with Crippen LogP contribution in [0.25, 0.3) is 0 Å². The Morgan fingerprint density at radius 1 is 0.972 bits per heavy atom. The second kappa shape index (κ2) is 9.82. The average Bonchev–Trinajstić information content (AvgIpc) is 2.89. The molecule has 2 aliphatic rings. The average molecular weight is 483 g/mol. The first-order valence-electron chi connectivity index (χ1n) is 11.9. The normalized spacial score (nSPS) is 19.5. The van der Waals surface area contributed by atoms with Crippen molar-refractivity contribution in [1.82, 2.24) is 5.32 Å². The summed E-state index contributed by atoms with van der Waals surface area (Å²) in [7, 11) is 1.58. The van der Waals surface area contributed by atoms with Gasteiger partial charge in [0.05, 0.1) is 13.0 Å². The number of halogens is 1. The molecule has 1 aliphatic carbocycles. The molecule has 5 rings (SSSR count). The summed E-state index contributed by atoms with van der Waals surface area (Å²) in [5.74, 6) is -0.660. The number of para-hydroxylation sites is 1. The predicted octanol–water partition coefficient (Wildman–Crippen LogP) is 5.83. The molecule has 1 heterocycles. The largest absolute Gasteiger partial charge is 0.496 e. The standard InChI is InChI=1S/C30H27FN2O3/c1-18-27(30(35)33-22-14-12-21(31)13-15-22)28(23-10-6-7-11-26(23)36-2)29-24(32-18)16-20(17-25(29)34)19-8-4-3-5-9-19/h3-15,20,28,32H,16-17H2,1-2H3,(H,33,35)/t20-,28-/m0/s1. The number of carbonyl (C=O) groups excluding carboxylic acids is 2. The molecule has 2 N–H and O–H groups in total. The van der Waals surface area contributed by atoms with Gasteiger partial charge < -0.3 is 15.4 Å². The zero-order valence-corrected chi connectivity index (χ0v) is 20.2. The molecule has 2 atom stereocenters. The van der Waals surface area contributed by atoms with Crippen LogP contribution in [0.1, 0.15) is 42.7 Å². The third-order valence-electron chi connectivity index (χ3n) is 6.90. The zero-order valence-electron chi connectivity index (χ0n) is 20.2. The van der Waals surface area contributed by atoms with Gasteiger partial charge in [0.2, 0.25) is 0 Å². The van der Waals surface area contributed by atoms with E-state index in [9.17, 15) is 14.0 Å². The minimum atomic E-state index is -0.595. The first kappa shape index (κ1) is 23.5. The van der Waals surface area contributed by atoms with Crippen LogP contribution >= 0.6 is 0 Å². The molecule has 182 valence electrons. The van der Waals surface area contributed by atoms with E-state index < -0.39 is 5.92 Å². The van der Waals surface area contributed by atoms with Crippen molar-refractivity contribution in [3.63, 3.8) is 0 Å². The molecule has 0 unspecified atom stereocenters. The predicted molar refractivity (Wildman–Crippen MR) is 137 cm³/mol. The van der Waals surface area contributed by atoms with Gasteiger partial charge in [-0.1, -0.05) is 48.5 Å². The van der Waals surface area contributed by atoms with Gasteiger partial charge in [0.1, 0.15) is 11.6 Å². The van der Waals surface area contributed by atoms with Gasteiger partial charge in [-0.3, -0.25) is 9.59 Å². The van der Waals surface area contributed by atoms with E-state index in [1.54, 1.807) is 7.11 Å². The maximum Gasteiger partial charge on any atom is 0.254 e. The minimum Gasteiger partial charge on any atom is -0.496 e. The van der Waals surface area contributed by atoms with Crippen LogP contribution in [0.5, 0.6) is 5.75 Å². The van der Waals surface area contributed by atoms with E-state index in [2.05, 4.69) is 10.6 Å². The van der Waals surface area contributed by atoms with Crippen molar-refractivity contribution in [3.8, 4) is 5.75 Å². The van der Waals surface area contributed by atoms with Gasteiger partial charge in [0.25, 0.3) is 5.91 Å². The van der Waals surface area contributed by atoms with Crippen LogP contribution in [0.4, 0.5) is 10.1 Å². The second-order valence-electron chi connectivity index (χ2n) is 9.13. The Hall–Kier alpha value is -4.19. The van der Waals surface area contributed by atoms with E-state index in [1.807, 2.05) is 61.5 Å². The fourth-order valence-corrected chi connectivity index (χ4v) is 5.25. The molecule has 1 amide bonds. The SMILES string of the molecule is COc1ccccc1[C@H]1C(C(=O)Nc2ccc(F)cc2)=C(C)NC2=C1C(=O)C[C@@H](c1ccccc1)C2. The highest BCUT2D eigenvalue weighted by molar-refractivity contribution is 6.10. The van der Waals surface area contributed by atoms with Gasteiger partial charge in [-0.2, -0.15) is 0 Å². The van der Waals surface area contributed by atoms with Gasteiger partial charge >= 0.3 is 0 Å². The Bertz CT molecular complexity index is 1380. The summed E-state index contributed by atoms with van der Waals surface area (Å²) in [6, 6.07) is 23.1. The van der Waals surface area contributed by atoms with Gasteiger partial charge in [-0.05, 0) is 55.2 Å². The Labute approximate surface area is 209 Å². The molecule has 0 radical (unpaired) electrons. The number of hydrogen-bond acceptors (Lipinski definition) is 4. The molecule has 3 aromatic carbocycles. The molecular weight excluding hydrogens is 455 g/mol. The van der Waals surface area contributed by atoms with E-state index >= 15 is 0 Å². The fraction of sp³-hybridized carbons (Fsp3) is 0.200. The summed E-state index contributed by atoms with van der Waals surface area (Å²) in [6.07, 6.45) is 1.03. The highest BCUT2D eigenvalue weighted by atomic mass is 19.1. The van der Waals surface area contributed by atoms with Gasteiger partial charge in [0, 0.05) is 40.2 Å². The van der Waals surface area contributed by atoms with Crippen molar-refractivity contribution in [2.24, 2.45) is 0 Å². The highest BCUT2D eigenvalue weighted by Gasteiger charge is 2.41. The van der Waals surface area contributed by atoms with E-state index in [1.165, 1.54) is 24.3 Å². The Morgan fingerprint density at radius 3 is 2.39 bits per heavy atom. The lowest BCUT2D eigenvalue weighted by Crippen LogP contribution is -2.37. The fourth-order valence-electron chi connectivity index (χ4n) is 5.25. The Morgan fingerprint density at radius 2 is 1.67 bits per heavy atom. The quantitative estimate of drug-likeness (QED) is 0.480. The molecule has 0 fully saturated rings. The maximum absolute atomic E-state index is 13.7. The number of carbonyl (C=O) groups is 2. The lowest BCUT2D eigenvalue weighted by atomic mass is 9.71. The molecule has 0 saturated heterocycles. The van der Waals surface area contributed by atoms with Gasteiger partial charge in [-0.25, -0.2) is 4.39 Å². The lowest BCUT2D eigenvalue weighted by molar-refractivity contribution is -0.116. The van der Waals surface area contributed by atoms with Crippen molar-refractivity contribution < 1.29 is 18.7 Å². The van der Waals surface area contributed by atoms with Crippen LogP contribution in [0.3, 0.4) is 0 Å². The molecule has 6 heteroatoms. The molecule has 0 spiro atoms. The smallest absolute Gasteiger partial charge is 0.254 e. The van der Waals surface area contributed by atoms with Crippen molar-refractivity contribution >= 4 is 17.4 Å². The van der Waals surface area contributed by atoms with E-state index in [0.29, 0.717) is 41.1 Å². The lowest BCUT2D eigenvalue weighted by Gasteiger charge is -2.37. The first-order valence-corrected chi connectivity index (χ1v) is 11.9. The van der Waals surface area contributed by atoms with Crippen LogP contribution in [0.15, 0.2) is 101 Å². The van der Waals surface area contributed by atoms with Gasteiger partial charge in [-0.15, -0.1) is 0 Å². The van der Waals surface area contributed by atoms with Crippen LogP contribution in [-0.4, -0.2) is 18.8 Å². The number of dihydropyridines is 1. The third kappa shape index (κ3) is 4.42. The summed E-state index contributed by atoms with van der Waals surface area (Å²) in [5, 5.41) is 6.26. The highest BCUT2D eigenvalue weighted by Crippen LogP contribution is 2.47. The van der Waals surface area contributed by atoms with Gasteiger partial charge in [0.15, 0.2) is 5.78 Å². The second-order valence-corrected chi connectivity index (χ2v) is 9.13. The number of allylic oxidation sites excluding steroid dienone is 3. The number of ketones is 1. The Kier molecular flexibility index (Phi) is 6.42. The monoisotopic (exact) mass is 482 g/mol. The number of methoxy groups -OCH3 is 1. The number of anilines is 1. The topological polar surface area (TPSA) is 67.4 Å². The first-order chi connectivity index (χ1) is 17.5. The van der Waals surface area contributed by atoms with Crippen molar-refractivity contribution in [2.75, 3.05) is 12.4 Å².